The Balaban J connectivity index is 1.42. The molecule has 2 aromatic heterocycles. The molecule has 0 aliphatic carbocycles. The van der Waals surface area contributed by atoms with Crippen molar-refractivity contribution in [1.82, 2.24) is 30.0 Å². The van der Waals surface area contributed by atoms with E-state index < -0.39 is 0 Å². The molecule has 0 spiro atoms. The van der Waals surface area contributed by atoms with Crippen molar-refractivity contribution >= 4 is 29.0 Å². The Bertz CT molecular complexity index is 1070. The average molecular weight is 402 g/mol. The molecule has 2 N–H and O–H groups in total. The molecule has 29 heavy (non-hydrogen) atoms. The zero-order valence-electron chi connectivity index (χ0n) is 15.5. The van der Waals surface area contributed by atoms with Gasteiger partial charge in [-0.25, -0.2) is 15.0 Å². The second kappa shape index (κ2) is 9.03. The van der Waals surface area contributed by atoms with Gasteiger partial charge in [-0.1, -0.05) is 42.1 Å². The minimum atomic E-state index is 0.491. The van der Waals surface area contributed by atoms with Crippen LogP contribution in [0.4, 0.5) is 5.95 Å². The van der Waals surface area contributed by atoms with Crippen LogP contribution in [0.5, 0.6) is 0 Å². The molecule has 0 saturated heterocycles. The lowest BCUT2D eigenvalue weighted by Gasteiger charge is -2.09. The quantitative estimate of drug-likeness (QED) is 0.459. The van der Waals surface area contributed by atoms with Gasteiger partial charge < -0.3 is 10.6 Å². The number of hydrogen-bond donors (Lipinski definition) is 2. The number of anilines is 1. The van der Waals surface area contributed by atoms with E-state index in [-0.39, 0.29) is 0 Å². The van der Waals surface area contributed by atoms with E-state index >= 15 is 0 Å². The summed E-state index contributed by atoms with van der Waals surface area (Å²) in [5, 5.41) is 23.1. The molecular formula is C20H18N8S. The van der Waals surface area contributed by atoms with Gasteiger partial charge in [-0.2, -0.15) is 10.4 Å². The Morgan fingerprint density at radius 3 is 2.93 bits per heavy atom. The molecule has 1 aliphatic heterocycles. The van der Waals surface area contributed by atoms with Gasteiger partial charge in [0.25, 0.3) is 0 Å². The van der Waals surface area contributed by atoms with Gasteiger partial charge in [0.2, 0.25) is 5.95 Å². The molecule has 0 unspecified atom stereocenters. The third kappa shape index (κ3) is 4.62. The first-order chi connectivity index (χ1) is 14.3. The number of nitrogens with zero attached hydrogens (tertiary/aromatic N) is 6. The van der Waals surface area contributed by atoms with Crippen LogP contribution in [-0.2, 0) is 6.54 Å². The maximum atomic E-state index is 9.73. The van der Waals surface area contributed by atoms with Crippen LogP contribution >= 0.6 is 11.8 Å². The highest BCUT2D eigenvalue weighted by atomic mass is 32.2. The number of nitrogens with one attached hydrogen (secondary N) is 2. The normalized spacial score (nSPS) is 14.7. The summed E-state index contributed by atoms with van der Waals surface area (Å²) in [6, 6.07) is 14.0. The van der Waals surface area contributed by atoms with Crippen molar-refractivity contribution < 1.29 is 0 Å². The summed E-state index contributed by atoms with van der Waals surface area (Å²) in [6.07, 6.45) is 5.71. The van der Waals surface area contributed by atoms with E-state index in [1.165, 1.54) is 18.1 Å². The van der Waals surface area contributed by atoms with E-state index in [2.05, 4.69) is 36.8 Å². The van der Waals surface area contributed by atoms with E-state index in [4.69, 9.17) is 0 Å². The molecule has 0 atom stereocenters. The molecule has 4 rings (SSSR count). The molecule has 0 saturated carbocycles. The van der Waals surface area contributed by atoms with Crippen molar-refractivity contribution in [2.24, 2.45) is 0 Å². The third-order valence-electron chi connectivity index (χ3n) is 4.19. The van der Waals surface area contributed by atoms with Crippen molar-refractivity contribution in [3.8, 4) is 6.07 Å². The number of rotatable bonds is 7. The molecule has 9 heteroatoms. The predicted molar refractivity (Wildman–Crippen MR) is 113 cm³/mol. The standard InChI is InChI=1S/C20H18N8S/c21-11-16(19-26-18(12-29-19)15-5-2-1-3-6-15)17-7-9-24-20(27-17)23-8-4-10-28-14-22-13-25-28/h1-3,5-7,9,12-14,26H,4,8,10H2,(H,23,24,27)/b19-16-. The number of benzene rings is 1. The summed E-state index contributed by atoms with van der Waals surface area (Å²) in [4.78, 5) is 12.7. The first kappa shape index (κ1) is 18.7. The van der Waals surface area contributed by atoms with Gasteiger partial charge in [-0.15, -0.1) is 0 Å². The van der Waals surface area contributed by atoms with E-state index in [0.717, 1.165) is 29.3 Å². The minimum absolute atomic E-state index is 0.491. The van der Waals surface area contributed by atoms with Gasteiger partial charge in [-0.05, 0) is 18.1 Å². The van der Waals surface area contributed by atoms with Crippen LogP contribution in [0.15, 0.2) is 65.7 Å². The SMILES string of the molecule is N#C/C(=C1\NC(c2ccccc2)=CS1)c1ccnc(NCCCn2cncn2)n1. The fourth-order valence-electron chi connectivity index (χ4n) is 2.78. The molecule has 1 aromatic carbocycles. The molecule has 0 fully saturated rings. The first-order valence-corrected chi connectivity index (χ1v) is 9.95. The van der Waals surface area contributed by atoms with Crippen molar-refractivity contribution in [3.05, 3.63) is 76.9 Å². The van der Waals surface area contributed by atoms with Gasteiger partial charge in [0.1, 0.15) is 24.3 Å². The molecule has 3 aromatic rings. The Kier molecular flexibility index (Phi) is 5.83. The highest BCUT2D eigenvalue weighted by Crippen LogP contribution is 2.34. The molecule has 8 nitrogen and oxygen atoms in total. The average Bonchev–Trinajstić information content (AvgIpc) is 3.45. The van der Waals surface area contributed by atoms with Gasteiger partial charge >= 0.3 is 0 Å². The van der Waals surface area contributed by atoms with Crippen LogP contribution in [0.3, 0.4) is 0 Å². The van der Waals surface area contributed by atoms with Gasteiger partial charge in [0.15, 0.2) is 0 Å². The zero-order valence-corrected chi connectivity index (χ0v) is 16.3. The summed E-state index contributed by atoms with van der Waals surface area (Å²) >= 11 is 1.49. The summed E-state index contributed by atoms with van der Waals surface area (Å²) in [7, 11) is 0. The summed E-state index contributed by atoms with van der Waals surface area (Å²) in [5.74, 6) is 0.494. The largest absolute Gasteiger partial charge is 0.354 e. The second-order valence-electron chi connectivity index (χ2n) is 6.16. The molecule has 144 valence electrons. The predicted octanol–water partition coefficient (Wildman–Crippen LogP) is 3.10. The van der Waals surface area contributed by atoms with E-state index in [0.29, 0.717) is 23.8 Å². The fourth-order valence-corrected chi connectivity index (χ4v) is 3.64. The molecule has 0 amide bonds. The summed E-state index contributed by atoms with van der Waals surface area (Å²) < 4.78 is 1.78. The molecule has 1 aliphatic rings. The lowest BCUT2D eigenvalue weighted by molar-refractivity contribution is 0.589. The Hall–Kier alpha value is -3.64. The topological polar surface area (TPSA) is 104 Å². The van der Waals surface area contributed by atoms with Crippen LogP contribution in [0.2, 0.25) is 0 Å². The van der Waals surface area contributed by atoms with Crippen LogP contribution in [0, 0.1) is 11.3 Å². The van der Waals surface area contributed by atoms with Crippen LogP contribution < -0.4 is 10.6 Å². The second-order valence-corrected chi connectivity index (χ2v) is 7.04. The smallest absolute Gasteiger partial charge is 0.223 e. The van der Waals surface area contributed by atoms with E-state index in [1.54, 1.807) is 23.3 Å². The maximum absolute atomic E-state index is 9.73. The van der Waals surface area contributed by atoms with Crippen molar-refractivity contribution in [3.63, 3.8) is 0 Å². The zero-order chi connectivity index (χ0) is 19.9. The molecule has 3 heterocycles. The maximum Gasteiger partial charge on any atom is 0.223 e. The minimum Gasteiger partial charge on any atom is -0.354 e. The number of hydrogen-bond acceptors (Lipinski definition) is 8. The highest BCUT2D eigenvalue weighted by molar-refractivity contribution is 8.06. The van der Waals surface area contributed by atoms with Crippen molar-refractivity contribution in [1.29, 1.82) is 5.26 Å². The number of aryl methyl sites for hydroxylation is 1. The lowest BCUT2D eigenvalue weighted by Crippen LogP contribution is -2.10. The number of nitriles is 1. The number of thioether (sulfide) groups is 1. The third-order valence-corrected chi connectivity index (χ3v) is 5.09. The number of aromatic nitrogens is 5. The van der Waals surface area contributed by atoms with Crippen molar-refractivity contribution in [2.45, 2.75) is 13.0 Å². The monoisotopic (exact) mass is 402 g/mol. The van der Waals surface area contributed by atoms with E-state index in [9.17, 15) is 5.26 Å². The van der Waals surface area contributed by atoms with Crippen LogP contribution in [-0.4, -0.2) is 31.3 Å². The highest BCUT2D eigenvalue weighted by Gasteiger charge is 2.18. The summed E-state index contributed by atoms with van der Waals surface area (Å²) in [6.45, 7) is 1.45. The van der Waals surface area contributed by atoms with Gasteiger partial charge in [0.05, 0.1) is 16.4 Å². The fraction of sp³-hybridized carbons (Fsp3) is 0.150. The molecule has 0 bridgehead atoms. The number of allylic oxidation sites excluding steroid dienone is 1. The first-order valence-electron chi connectivity index (χ1n) is 9.07. The Labute approximate surface area is 172 Å². The molecule has 0 radical (unpaired) electrons. The lowest BCUT2D eigenvalue weighted by atomic mass is 10.1. The Morgan fingerprint density at radius 2 is 2.14 bits per heavy atom. The summed E-state index contributed by atoms with van der Waals surface area (Å²) in [5.41, 5.74) is 3.12. The van der Waals surface area contributed by atoms with Crippen LogP contribution in [0.25, 0.3) is 11.3 Å². The van der Waals surface area contributed by atoms with Crippen molar-refractivity contribution in [2.75, 3.05) is 11.9 Å². The molecular weight excluding hydrogens is 384 g/mol. The van der Waals surface area contributed by atoms with Gasteiger partial charge in [-0.3, -0.25) is 4.68 Å². The van der Waals surface area contributed by atoms with Crippen LogP contribution in [0.1, 0.15) is 17.7 Å². The Morgan fingerprint density at radius 1 is 1.24 bits per heavy atom. The van der Waals surface area contributed by atoms with E-state index in [1.807, 2.05) is 35.7 Å². The van der Waals surface area contributed by atoms with Gasteiger partial charge in [0, 0.05) is 24.7 Å².